The van der Waals surface area contributed by atoms with Crippen LogP contribution in [0.4, 0.5) is 0 Å². The van der Waals surface area contributed by atoms with Gasteiger partial charge in [0, 0.05) is 23.5 Å². The smallest absolute Gasteiger partial charge is 0.311 e. The van der Waals surface area contributed by atoms with E-state index in [1.165, 1.54) is 12.1 Å². The number of aryl methyl sites for hydroxylation is 1. The van der Waals surface area contributed by atoms with Gasteiger partial charge in [-0.2, -0.15) is 8.42 Å². The Bertz CT molecular complexity index is 975. The van der Waals surface area contributed by atoms with Gasteiger partial charge in [-0.05, 0) is 37.6 Å². The van der Waals surface area contributed by atoms with Crippen LogP contribution in [0.25, 0.3) is 10.9 Å². The van der Waals surface area contributed by atoms with E-state index in [2.05, 4.69) is 4.98 Å². The molecule has 0 bridgehead atoms. The third kappa shape index (κ3) is 5.44. The van der Waals surface area contributed by atoms with Crippen molar-refractivity contribution < 1.29 is 22.5 Å². The van der Waals surface area contributed by atoms with Gasteiger partial charge in [-0.15, -0.1) is 0 Å². The summed E-state index contributed by atoms with van der Waals surface area (Å²) in [5, 5.41) is 0.946. The number of fused-ring (bicyclic) bond motifs is 1. The maximum absolute atomic E-state index is 11.3. The molecule has 0 unspecified atom stereocenters. The average Bonchev–Trinajstić information content (AvgIpc) is 2.98. The Morgan fingerprint density at radius 3 is 2.38 bits per heavy atom. The number of hydrogen-bond acceptors (Lipinski definition) is 4. The highest BCUT2D eigenvalue weighted by Gasteiger charge is 2.08. The molecule has 26 heavy (non-hydrogen) atoms. The third-order valence-corrected chi connectivity index (χ3v) is 4.42. The fourth-order valence-electron chi connectivity index (χ4n) is 2.22. The van der Waals surface area contributed by atoms with Crippen molar-refractivity contribution in [2.75, 3.05) is 0 Å². The predicted octanol–water partition coefficient (Wildman–Crippen LogP) is 4.12. The summed E-state index contributed by atoms with van der Waals surface area (Å²) < 4.78 is 34.8. The summed E-state index contributed by atoms with van der Waals surface area (Å²) in [6.07, 6.45) is 2.99. The van der Waals surface area contributed by atoms with Gasteiger partial charge in [-0.1, -0.05) is 36.8 Å². The van der Waals surface area contributed by atoms with E-state index in [9.17, 15) is 13.2 Å². The summed E-state index contributed by atoms with van der Waals surface area (Å²) in [4.78, 5) is 14.3. The molecule has 2 N–H and O–H groups in total. The van der Waals surface area contributed by atoms with Gasteiger partial charge >= 0.3 is 5.97 Å². The van der Waals surface area contributed by atoms with Crippen LogP contribution in [-0.2, 0) is 14.9 Å². The van der Waals surface area contributed by atoms with E-state index in [0.29, 0.717) is 12.2 Å². The molecule has 0 saturated carbocycles. The molecular formula is C19H21NO5S. The summed E-state index contributed by atoms with van der Waals surface area (Å²) in [6.45, 7) is 3.80. The number of aromatic nitrogens is 1. The highest BCUT2D eigenvalue weighted by molar-refractivity contribution is 7.85. The minimum atomic E-state index is -4.02. The lowest BCUT2D eigenvalue weighted by molar-refractivity contribution is -0.134. The number of aromatic amines is 1. The van der Waals surface area contributed by atoms with E-state index in [-0.39, 0.29) is 10.9 Å². The number of rotatable bonds is 4. The number of ether oxygens (including phenoxy) is 1. The number of carbonyl (C=O) groups is 1. The normalized spacial score (nSPS) is 10.9. The molecule has 0 atom stereocenters. The van der Waals surface area contributed by atoms with Crippen LogP contribution >= 0.6 is 0 Å². The lowest BCUT2D eigenvalue weighted by atomic mass is 10.2. The lowest BCUT2D eigenvalue weighted by Gasteiger charge is -2.00. The number of carbonyl (C=O) groups excluding carboxylic acids is 1. The van der Waals surface area contributed by atoms with Gasteiger partial charge < -0.3 is 9.72 Å². The topological polar surface area (TPSA) is 96.5 Å². The van der Waals surface area contributed by atoms with Gasteiger partial charge in [0.25, 0.3) is 10.1 Å². The van der Waals surface area contributed by atoms with Crippen molar-refractivity contribution in [3.05, 3.63) is 60.3 Å². The Balaban J connectivity index is 0.000000197. The fraction of sp³-hybridized carbons (Fsp3) is 0.211. The zero-order chi connectivity index (χ0) is 19.2. The second kappa shape index (κ2) is 8.64. The SMILES string of the molecule is CCCC(=O)Oc1c[nH]c2ccccc12.Cc1ccc(S(=O)(=O)O)cc1. The van der Waals surface area contributed by atoms with Crippen LogP contribution < -0.4 is 4.74 Å². The number of H-pyrrole nitrogens is 1. The van der Waals surface area contributed by atoms with E-state index in [4.69, 9.17) is 9.29 Å². The first kappa shape index (κ1) is 19.7. The van der Waals surface area contributed by atoms with Crippen molar-refractivity contribution in [2.45, 2.75) is 31.6 Å². The second-order valence-electron chi connectivity index (χ2n) is 5.71. The highest BCUT2D eigenvalue weighted by Crippen LogP contribution is 2.25. The maximum atomic E-state index is 11.3. The van der Waals surface area contributed by atoms with Crippen molar-refractivity contribution in [3.8, 4) is 5.75 Å². The van der Waals surface area contributed by atoms with E-state index in [1.807, 2.05) is 38.1 Å². The van der Waals surface area contributed by atoms with E-state index >= 15 is 0 Å². The molecule has 0 amide bonds. The summed E-state index contributed by atoms with van der Waals surface area (Å²) in [5.74, 6) is 0.436. The van der Waals surface area contributed by atoms with Crippen LogP contribution in [-0.4, -0.2) is 23.9 Å². The van der Waals surface area contributed by atoms with Crippen molar-refractivity contribution in [2.24, 2.45) is 0 Å². The van der Waals surface area contributed by atoms with Gasteiger partial charge in [0.15, 0.2) is 5.75 Å². The van der Waals surface area contributed by atoms with Crippen LogP contribution in [0.15, 0.2) is 59.6 Å². The number of esters is 1. The highest BCUT2D eigenvalue weighted by atomic mass is 32.2. The minimum Gasteiger partial charge on any atom is -0.424 e. The predicted molar refractivity (Wildman–Crippen MR) is 99.8 cm³/mol. The molecule has 0 aliphatic heterocycles. The zero-order valence-electron chi connectivity index (χ0n) is 14.6. The van der Waals surface area contributed by atoms with Crippen LogP contribution in [0, 0.1) is 6.92 Å². The minimum absolute atomic E-state index is 0.0666. The van der Waals surface area contributed by atoms with Gasteiger partial charge in [0.1, 0.15) is 0 Å². The number of nitrogens with one attached hydrogen (secondary N) is 1. The molecule has 6 nitrogen and oxygen atoms in total. The number of hydrogen-bond donors (Lipinski definition) is 2. The Hall–Kier alpha value is -2.64. The molecule has 0 saturated heterocycles. The average molecular weight is 375 g/mol. The molecule has 0 aliphatic rings. The number of para-hydroxylation sites is 1. The molecule has 0 fully saturated rings. The maximum Gasteiger partial charge on any atom is 0.311 e. The quantitative estimate of drug-likeness (QED) is 0.528. The largest absolute Gasteiger partial charge is 0.424 e. The molecule has 1 aromatic heterocycles. The van der Waals surface area contributed by atoms with Gasteiger partial charge in [0.05, 0.1) is 4.90 Å². The van der Waals surface area contributed by atoms with Crippen LogP contribution in [0.3, 0.4) is 0 Å². The Morgan fingerprint density at radius 1 is 1.12 bits per heavy atom. The molecule has 3 rings (SSSR count). The summed E-state index contributed by atoms with van der Waals surface area (Å²) >= 11 is 0. The van der Waals surface area contributed by atoms with Crippen LogP contribution in [0.2, 0.25) is 0 Å². The van der Waals surface area contributed by atoms with Crippen molar-refractivity contribution in [3.63, 3.8) is 0 Å². The summed E-state index contributed by atoms with van der Waals surface area (Å²) in [6, 6.07) is 13.7. The van der Waals surface area contributed by atoms with E-state index < -0.39 is 10.1 Å². The molecule has 0 aliphatic carbocycles. The molecule has 1 heterocycles. The molecule has 0 radical (unpaired) electrons. The van der Waals surface area contributed by atoms with E-state index in [1.54, 1.807) is 18.3 Å². The van der Waals surface area contributed by atoms with Gasteiger partial charge in [0.2, 0.25) is 0 Å². The number of benzene rings is 2. The Kier molecular flexibility index (Phi) is 6.54. The van der Waals surface area contributed by atoms with Crippen molar-refractivity contribution in [1.29, 1.82) is 0 Å². The molecule has 0 spiro atoms. The Labute approximate surface area is 152 Å². The van der Waals surface area contributed by atoms with Crippen LogP contribution in [0.1, 0.15) is 25.3 Å². The first-order valence-electron chi connectivity index (χ1n) is 8.12. The fourth-order valence-corrected chi connectivity index (χ4v) is 2.70. The molecule has 7 heteroatoms. The molecule has 2 aromatic carbocycles. The second-order valence-corrected chi connectivity index (χ2v) is 7.13. The Morgan fingerprint density at radius 2 is 1.77 bits per heavy atom. The third-order valence-electron chi connectivity index (χ3n) is 3.55. The van der Waals surface area contributed by atoms with Crippen molar-refractivity contribution in [1.82, 2.24) is 4.98 Å². The molecule has 3 aromatic rings. The molecule has 138 valence electrons. The standard InChI is InChI=1S/C12H13NO2.C7H8O3S/c1-2-5-12(14)15-11-8-13-10-7-4-3-6-9(10)11;1-6-2-4-7(5-3-6)11(8,9)10/h3-4,6-8,13H,2,5H2,1H3;2-5H,1H3,(H,8,9,10). The lowest BCUT2D eigenvalue weighted by Crippen LogP contribution is -2.06. The van der Waals surface area contributed by atoms with E-state index in [0.717, 1.165) is 22.9 Å². The molecular weight excluding hydrogens is 354 g/mol. The first-order valence-corrected chi connectivity index (χ1v) is 9.56. The zero-order valence-corrected chi connectivity index (χ0v) is 15.4. The van der Waals surface area contributed by atoms with Crippen molar-refractivity contribution >= 4 is 27.0 Å². The van der Waals surface area contributed by atoms with Gasteiger partial charge in [-0.25, -0.2) is 0 Å². The van der Waals surface area contributed by atoms with Gasteiger partial charge in [-0.3, -0.25) is 9.35 Å². The first-order chi connectivity index (χ1) is 12.3. The van der Waals surface area contributed by atoms with Crippen LogP contribution in [0.5, 0.6) is 5.75 Å². The monoisotopic (exact) mass is 375 g/mol. The summed E-state index contributed by atoms with van der Waals surface area (Å²) in [5.41, 5.74) is 1.94. The summed E-state index contributed by atoms with van der Waals surface area (Å²) in [7, 11) is -4.02.